The highest BCUT2D eigenvalue weighted by molar-refractivity contribution is 7.89. The van der Waals surface area contributed by atoms with Gasteiger partial charge in [0.2, 0.25) is 5.88 Å². The largest absolute Gasteiger partial charge is 0.454 e. The van der Waals surface area contributed by atoms with Gasteiger partial charge < -0.3 is 4.18 Å². The topological polar surface area (TPSA) is 102 Å². The molecule has 14 heteroatoms. The van der Waals surface area contributed by atoms with Crippen molar-refractivity contribution in [3.63, 3.8) is 0 Å². The van der Waals surface area contributed by atoms with Gasteiger partial charge in [-0.05, 0) is 6.07 Å². The number of alkyl halides is 5. The Bertz CT molecular complexity index is 776. The van der Waals surface area contributed by atoms with Crippen LogP contribution in [0.3, 0.4) is 0 Å². The minimum atomic E-state index is -5.94. The van der Waals surface area contributed by atoms with Crippen LogP contribution in [0.2, 0.25) is 0 Å². The van der Waals surface area contributed by atoms with Crippen molar-refractivity contribution in [2.75, 3.05) is 12.8 Å². The van der Waals surface area contributed by atoms with Crippen LogP contribution in [-0.4, -0.2) is 46.7 Å². The maximum Gasteiger partial charge on any atom is 0.454 e. The second kappa shape index (κ2) is 6.16. The second-order valence-electron chi connectivity index (χ2n) is 4.13. The van der Waals surface area contributed by atoms with Crippen molar-refractivity contribution in [3.05, 3.63) is 18.2 Å². The lowest BCUT2D eigenvalue weighted by atomic mass is 10.3. The molecule has 0 aliphatic heterocycles. The van der Waals surface area contributed by atoms with Gasteiger partial charge in [-0.15, -0.1) is 0 Å². The molecular weight excluding hydrogens is 375 g/mol. The predicted octanol–water partition coefficient (Wildman–Crippen LogP) is 0.896. The summed E-state index contributed by atoms with van der Waals surface area (Å²) >= 11 is 0. The minimum Gasteiger partial charge on any atom is -0.362 e. The number of nitrogens with one attached hydrogen (secondary N) is 1. The van der Waals surface area contributed by atoms with Gasteiger partial charge in [0.1, 0.15) is 0 Å². The van der Waals surface area contributed by atoms with E-state index in [0.29, 0.717) is 6.26 Å². The molecule has 0 aliphatic carbocycles. The third-order valence-electron chi connectivity index (χ3n) is 2.11. The van der Waals surface area contributed by atoms with Crippen LogP contribution in [0.25, 0.3) is 0 Å². The molecule has 1 rings (SSSR count). The Morgan fingerprint density at radius 2 is 1.70 bits per heavy atom. The molecule has 0 fully saturated rings. The Hall–Kier alpha value is -1.54. The van der Waals surface area contributed by atoms with Gasteiger partial charge in [-0.2, -0.15) is 35.4 Å². The number of pyridine rings is 1. The van der Waals surface area contributed by atoms with Gasteiger partial charge in [0.15, 0.2) is 5.03 Å². The van der Waals surface area contributed by atoms with Crippen molar-refractivity contribution < 1.29 is 43.0 Å². The third-order valence-corrected chi connectivity index (χ3v) is 3.88. The zero-order valence-electron chi connectivity index (χ0n) is 11.1. The van der Waals surface area contributed by atoms with Crippen LogP contribution in [0.15, 0.2) is 23.2 Å². The zero-order chi connectivity index (χ0) is 18.1. The second-order valence-corrected chi connectivity index (χ2v) is 7.42. The molecule has 7 nitrogen and oxygen atoms in total. The van der Waals surface area contributed by atoms with Crippen LogP contribution in [0, 0.1) is 0 Å². The number of sulfonamides is 1. The van der Waals surface area contributed by atoms with Gasteiger partial charge in [-0.1, -0.05) is 6.07 Å². The molecule has 0 aliphatic rings. The molecule has 0 saturated carbocycles. The highest BCUT2D eigenvalue weighted by Crippen LogP contribution is 2.34. The van der Waals surface area contributed by atoms with Gasteiger partial charge in [0, 0.05) is 6.07 Å². The van der Waals surface area contributed by atoms with E-state index < -0.39 is 49.7 Å². The van der Waals surface area contributed by atoms with Crippen molar-refractivity contribution in [2.24, 2.45) is 0 Å². The number of halogens is 5. The molecule has 0 amide bonds. The molecule has 0 spiro atoms. The summed E-state index contributed by atoms with van der Waals surface area (Å²) in [5, 5.41) is -0.989. The Kier molecular flexibility index (Phi) is 5.23. The van der Waals surface area contributed by atoms with Crippen molar-refractivity contribution >= 4 is 20.1 Å². The molecule has 1 N–H and O–H groups in total. The minimum absolute atomic E-state index is 0.637. The summed E-state index contributed by atoms with van der Waals surface area (Å²) < 4.78 is 112. The molecule has 1 aromatic rings. The van der Waals surface area contributed by atoms with Crippen LogP contribution in [-0.2, 0) is 20.1 Å². The van der Waals surface area contributed by atoms with E-state index in [1.54, 1.807) is 0 Å². The lowest BCUT2D eigenvalue weighted by Crippen LogP contribution is -2.46. The lowest BCUT2D eigenvalue weighted by molar-refractivity contribution is -0.277. The fraction of sp³-hybridized carbons (Fsp3) is 0.444. The van der Waals surface area contributed by atoms with Crippen LogP contribution in [0.4, 0.5) is 22.0 Å². The number of hydrogen-bond acceptors (Lipinski definition) is 6. The summed E-state index contributed by atoms with van der Waals surface area (Å²) in [5.41, 5.74) is 0. The Morgan fingerprint density at radius 1 is 1.13 bits per heavy atom. The molecule has 132 valence electrons. The van der Waals surface area contributed by atoms with Crippen LogP contribution in [0.1, 0.15) is 0 Å². The SMILES string of the molecule is CS(=O)(=O)Oc1cccc(S(=O)(=O)NCC(F)(F)C(F)(F)F)n1. The first kappa shape index (κ1) is 19.5. The molecule has 1 aromatic heterocycles. The molecule has 1 heterocycles. The normalized spacial score (nSPS) is 13.8. The highest BCUT2D eigenvalue weighted by Gasteiger charge is 2.57. The lowest BCUT2D eigenvalue weighted by Gasteiger charge is -2.19. The van der Waals surface area contributed by atoms with Crippen LogP contribution < -0.4 is 8.91 Å². The van der Waals surface area contributed by atoms with Gasteiger partial charge in [-0.3, -0.25) is 0 Å². The maximum atomic E-state index is 12.7. The van der Waals surface area contributed by atoms with E-state index in [1.165, 1.54) is 0 Å². The van der Waals surface area contributed by atoms with Gasteiger partial charge >= 0.3 is 22.2 Å². The van der Waals surface area contributed by atoms with E-state index >= 15 is 0 Å². The quantitative estimate of drug-likeness (QED) is 0.578. The smallest absolute Gasteiger partial charge is 0.362 e. The number of aromatic nitrogens is 1. The number of rotatable bonds is 6. The number of nitrogens with zero attached hydrogens (tertiary/aromatic N) is 1. The average Bonchev–Trinajstić information content (AvgIpc) is 2.33. The summed E-state index contributed by atoms with van der Waals surface area (Å²) in [6, 6.07) is 2.66. The van der Waals surface area contributed by atoms with Crippen LogP contribution >= 0.6 is 0 Å². The molecular formula is C9H9F5N2O5S2. The third kappa shape index (κ3) is 5.54. The van der Waals surface area contributed by atoms with Crippen molar-refractivity contribution in [1.82, 2.24) is 9.71 Å². The van der Waals surface area contributed by atoms with E-state index in [4.69, 9.17) is 0 Å². The molecule has 0 saturated heterocycles. The Morgan fingerprint density at radius 3 is 2.17 bits per heavy atom. The van der Waals surface area contributed by atoms with Crippen LogP contribution in [0.5, 0.6) is 5.88 Å². The first-order valence-corrected chi connectivity index (χ1v) is 8.75. The molecule has 23 heavy (non-hydrogen) atoms. The molecule has 0 atom stereocenters. The summed E-state index contributed by atoms with van der Waals surface area (Å²) in [5.74, 6) is -5.99. The van der Waals surface area contributed by atoms with Gasteiger partial charge in [-0.25, -0.2) is 13.1 Å². The predicted molar refractivity (Wildman–Crippen MR) is 65.9 cm³/mol. The first-order valence-electron chi connectivity index (χ1n) is 5.45. The van der Waals surface area contributed by atoms with E-state index in [2.05, 4.69) is 9.17 Å². The summed E-state index contributed by atoms with van der Waals surface area (Å²) in [6.45, 7) is -2.24. The molecule has 0 radical (unpaired) electrons. The van der Waals surface area contributed by atoms with Crippen molar-refractivity contribution in [1.29, 1.82) is 0 Å². The van der Waals surface area contributed by atoms with E-state index in [-0.39, 0.29) is 0 Å². The summed E-state index contributed by atoms with van der Waals surface area (Å²) in [6.07, 6.45) is -5.30. The first-order chi connectivity index (χ1) is 10.1. The van der Waals surface area contributed by atoms with Crippen molar-refractivity contribution in [2.45, 2.75) is 17.1 Å². The fourth-order valence-electron chi connectivity index (χ4n) is 1.11. The van der Waals surface area contributed by atoms with E-state index in [9.17, 15) is 38.8 Å². The van der Waals surface area contributed by atoms with E-state index in [1.807, 2.05) is 0 Å². The zero-order valence-corrected chi connectivity index (χ0v) is 12.8. The van der Waals surface area contributed by atoms with Crippen molar-refractivity contribution in [3.8, 4) is 5.88 Å². The van der Waals surface area contributed by atoms with E-state index in [0.717, 1.165) is 22.9 Å². The summed E-state index contributed by atoms with van der Waals surface area (Å²) in [7, 11) is -8.89. The molecule has 0 bridgehead atoms. The fourth-order valence-corrected chi connectivity index (χ4v) is 2.50. The van der Waals surface area contributed by atoms with Gasteiger partial charge in [0.25, 0.3) is 10.0 Å². The average molecular weight is 384 g/mol. The summed E-state index contributed by atoms with van der Waals surface area (Å²) in [4.78, 5) is 3.21. The van der Waals surface area contributed by atoms with Gasteiger partial charge in [0.05, 0.1) is 12.8 Å². The standard InChI is InChI=1S/C9H9F5N2O5S2/c1-22(17,18)21-6-3-2-4-7(16-6)23(19,20)15-5-8(10,11)9(12,13)14/h2-4,15H,5H2,1H3. The molecule has 0 unspecified atom stereocenters. The Balaban J connectivity index is 3.00. The Labute approximate surface area is 127 Å². The monoisotopic (exact) mass is 384 g/mol. The highest BCUT2D eigenvalue weighted by atomic mass is 32.2. The molecule has 0 aromatic carbocycles. The maximum absolute atomic E-state index is 12.7. The number of hydrogen-bond donors (Lipinski definition) is 1.